The van der Waals surface area contributed by atoms with Gasteiger partial charge in [-0.3, -0.25) is 4.79 Å². The number of ether oxygens (including phenoxy) is 1. The molecule has 0 spiro atoms. The third-order valence-electron chi connectivity index (χ3n) is 2.40. The second-order valence-corrected chi connectivity index (χ2v) is 3.73. The van der Waals surface area contributed by atoms with E-state index < -0.39 is 17.6 Å². The molecule has 0 saturated heterocycles. The van der Waals surface area contributed by atoms with E-state index in [-0.39, 0.29) is 17.3 Å². The SMILES string of the molecule is COc1cc(C(=O)Nc2ccccc2C(F)(F)F)on1. The molecule has 0 fully saturated rings. The number of para-hydroxylation sites is 1. The van der Waals surface area contributed by atoms with E-state index in [9.17, 15) is 18.0 Å². The van der Waals surface area contributed by atoms with Gasteiger partial charge in [-0.1, -0.05) is 12.1 Å². The number of alkyl halides is 3. The van der Waals surface area contributed by atoms with Gasteiger partial charge in [0.2, 0.25) is 5.76 Å². The molecule has 1 aromatic heterocycles. The molecule has 0 unspecified atom stereocenters. The van der Waals surface area contributed by atoms with Crippen LogP contribution in [-0.4, -0.2) is 18.2 Å². The molecule has 1 N–H and O–H groups in total. The van der Waals surface area contributed by atoms with Crippen molar-refractivity contribution in [2.75, 3.05) is 12.4 Å². The molecule has 0 aliphatic carbocycles. The van der Waals surface area contributed by atoms with Gasteiger partial charge in [0.05, 0.1) is 24.4 Å². The summed E-state index contributed by atoms with van der Waals surface area (Å²) in [6, 6.07) is 5.80. The number of methoxy groups -OCH3 is 1. The maximum atomic E-state index is 12.8. The van der Waals surface area contributed by atoms with Crippen molar-refractivity contribution in [2.45, 2.75) is 6.18 Å². The number of hydrogen-bond acceptors (Lipinski definition) is 4. The summed E-state index contributed by atoms with van der Waals surface area (Å²) in [7, 11) is 1.32. The average Bonchev–Trinajstić information content (AvgIpc) is 2.87. The normalized spacial score (nSPS) is 11.2. The fourth-order valence-electron chi connectivity index (χ4n) is 1.49. The Morgan fingerprint density at radius 2 is 2.05 bits per heavy atom. The first-order chi connectivity index (χ1) is 9.41. The Labute approximate surface area is 111 Å². The molecular weight excluding hydrogens is 277 g/mol. The number of carbonyl (C=O) groups is 1. The number of nitrogens with one attached hydrogen (secondary N) is 1. The minimum absolute atomic E-state index is 0.0549. The number of aromatic nitrogens is 1. The Morgan fingerprint density at radius 1 is 1.35 bits per heavy atom. The molecule has 2 rings (SSSR count). The molecule has 0 radical (unpaired) electrons. The molecule has 20 heavy (non-hydrogen) atoms. The van der Waals surface area contributed by atoms with Crippen LogP contribution in [0.3, 0.4) is 0 Å². The van der Waals surface area contributed by atoms with Crippen LogP contribution in [-0.2, 0) is 6.18 Å². The summed E-state index contributed by atoms with van der Waals surface area (Å²) >= 11 is 0. The number of nitrogens with zero attached hydrogens (tertiary/aromatic N) is 1. The van der Waals surface area contributed by atoms with Crippen LogP contribution < -0.4 is 10.1 Å². The van der Waals surface area contributed by atoms with Crippen LogP contribution in [0.15, 0.2) is 34.9 Å². The van der Waals surface area contributed by atoms with Gasteiger partial charge >= 0.3 is 6.18 Å². The lowest BCUT2D eigenvalue weighted by molar-refractivity contribution is -0.136. The average molecular weight is 286 g/mol. The predicted octanol–water partition coefficient (Wildman–Crippen LogP) is 2.95. The van der Waals surface area contributed by atoms with Gasteiger partial charge < -0.3 is 14.6 Å². The van der Waals surface area contributed by atoms with Crippen molar-refractivity contribution >= 4 is 11.6 Å². The molecule has 0 aliphatic rings. The monoisotopic (exact) mass is 286 g/mol. The first kappa shape index (κ1) is 13.9. The highest BCUT2D eigenvalue weighted by Gasteiger charge is 2.33. The Hall–Kier alpha value is -2.51. The number of hydrogen-bond donors (Lipinski definition) is 1. The fourth-order valence-corrected chi connectivity index (χ4v) is 1.49. The van der Waals surface area contributed by atoms with Crippen LogP contribution in [0.2, 0.25) is 0 Å². The highest BCUT2D eigenvalue weighted by Crippen LogP contribution is 2.34. The van der Waals surface area contributed by atoms with Crippen molar-refractivity contribution in [3.05, 3.63) is 41.7 Å². The van der Waals surface area contributed by atoms with E-state index >= 15 is 0 Å². The van der Waals surface area contributed by atoms with Gasteiger partial charge in [0.15, 0.2) is 0 Å². The topological polar surface area (TPSA) is 64.4 Å². The summed E-state index contributed by atoms with van der Waals surface area (Å²) in [6.45, 7) is 0. The van der Waals surface area contributed by atoms with Crippen molar-refractivity contribution in [1.82, 2.24) is 5.16 Å². The summed E-state index contributed by atoms with van der Waals surface area (Å²) in [5, 5.41) is 5.51. The second kappa shape index (κ2) is 5.24. The minimum Gasteiger partial charge on any atom is -0.479 e. The van der Waals surface area contributed by atoms with Gasteiger partial charge in [-0.25, -0.2) is 0 Å². The van der Waals surface area contributed by atoms with Crippen LogP contribution in [0.1, 0.15) is 16.1 Å². The molecule has 0 aliphatic heterocycles. The highest BCUT2D eigenvalue weighted by atomic mass is 19.4. The smallest absolute Gasteiger partial charge is 0.418 e. The molecule has 5 nitrogen and oxygen atoms in total. The van der Waals surface area contributed by atoms with E-state index in [1.807, 2.05) is 0 Å². The summed E-state index contributed by atoms with van der Waals surface area (Å²) in [5.41, 5.74) is -1.31. The Bertz CT molecular complexity index is 622. The Kier molecular flexibility index (Phi) is 3.64. The van der Waals surface area contributed by atoms with Crippen molar-refractivity contribution in [3.8, 4) is 5.88 Å². The number of carbonyl (C=O) groups excluding carboxylic acids is 1. The highest BCUT2D eigenvalue weighted by molar-refractivity contribution is 6.02. The maximum absolute atomic E-state index is 12.8. The molecule has 0 saturated carbocycles. The van der Waals surface area contributed by atoms with Crippen molar-refractivity contribution in [1.29, 1.82) is 0 Å². The first-order valence-corrected chi connectivity index (χ1v) is 5.40. The molecule has 8 heteroatoms. The zero-order valence-corrected chi connectivity index (χ0v) is 10.2. The molecule has 106 valence electrons. The molecule has 0 bridgehead atoms. The number of halogens is 3. The lowest BCUT2D eigenvalue weighted by Gasteiger charge is -2.12. The number of rotatable bonds is 3. The number of anilines is 1. The molecule has 1 heterocycles. The van der Waals surface area contributed by atoms with Crippen LogP contribution in [0.4, 0.5) is 18.9 Å². The summed E-state index contributed by atoms with van der Waals surface area (Å²) in [5.74, 6) is -1.05. The van der Waals surface area contributed by atoms with Gasteiger partial charge in [0.1, 0.15) is 0 Å². The lowest BCUT2D eigenvalue weighted by atomic mass is 10.1. The van der Waals surface area contributed by atoms with E-state index in [4.69, 9.17) is 4.74 Å². The van der Waals surface area contributed by atoms with Gasteiger partial charge in [-0.15, -0.1) is 0 Å². The number of amides is 1. The van der Waals surface area contributed by atoms with Gasteiger partial charge in [0, 0.05) is 0 Å². The maximum Gasteiger partial charge on any atom is 0.418 e. The van der Waals surface area contributed by atoms with Gasteiger partial charge in [-0.05, 0) is 17.3 Å². The third-order valence-corrected chi connectivity index (χ3v) is 2.40. The quantitative estimate of drug-likeness (QED) is 0.942. The van der Waals surface area contributed by atoms with E-state index in [1.165, 1.54) is 25.3 Å². The van der Waals surface area contributed by atoms with Crippen LogP contribution in [0.25, 0.3) is 0 Å². The zero-order chi connectivity index (χ0) is 14.8. The molecule has 1 aromatic carbocycles. The van der Waals surface area contributed by atoms with Gasteiger partial charge in [0.25, 0.3) is 11.8 Å². The van der Waals surface area contributed by atoms with E-state index in [0.29, 0.717) is 0 Å². The molecular formula is C12H9F3N2O3. The Balaban J connectivity index is 2.24. The zero-order valence-electron chi connectivity index (χ0n) is 10.2. The summed E-state index contributed by atoms with van der Waals surface area (Å²) in [4.78, 5) is 11.8. The Morgan fingerprint density at radius 3 is 2.65 bits per heavy atom. The number of benzene rings is 1. The molecule has 0 atom stereocenters. The summed E-state index contributed by atoms with van der Waals surface area (Å²) in [6.07, 6.45) is -4.57. The van der Waals surface area contributed by atoms with E-state index in [0.717, 1.165) is 12.1 Å². The van der Waals surface area contributed by atoms with Crippen LogP contribution >= 0.6 is 0 Å². The molecule has 2 aromatic rings. The van der Waals surface area contributed by atoms with Crippen molar-refractivity contribution in [2.24, 2.45) is 0 Å². The standard InChI is InChI=1S/C12H9F3N2O3/c1-19-10-6-9(20-17-10)11(18)16-8-5-3-2-4-7(8)12(13,14)15/h2-6H,1H3,(H,16,18). The van der Waals surface area contributed by atoms with Crippen LogP contribution in [0, 0.1) is 0 Å². The third kappa shape index (κ3) is 2.90. The first-order valence-electron chi connectivity index (χ1n) is 5.40. The van der Waals surface area contributed by atoms with E-state index in [2.05, 4.69) is 15.0 Å². The predicted molar refractivity (Wildman–Crippen MR) is 62.5 cm³/mol. The van der Waals surface area contributed by atoms with E-state index in [1.54, 1.807) is 0 Å². The largest absolute Gasteiger partial charge is 0.479 e. The van der Waals surface area contributed by atoms with Crippen LogP contribution in [0.5, 0.6) is 5.88 Å². The lowest BCUT2D eigenvalue weighted by Crippen LogP contribution is -2.16. The fraction of sp³-hybridized carbons (Fsp3) is 0.167. The summed E-state index contributed by atoms with van der Waals surface area (Å²) < 4.78 is 47.6. The minimum atomic E-state index is -4.57. The molecule has 1 amide bonds. The second-order valence-electron chi connectivity index (χ2n) is 3.73. The van der Waals surface area contributed by atoms with Gasteiger partial charge in [-0.2, -0.15) is 13.2 Å². The van der Waals surface area contributed by atoms with Crippen molar-refractivity contribution in [3.63, 3.8) is 0 Å². The van der Waals surface area contributed by atoms with Crippen molar-refractivity contribution < 1.29 is 27.2 Å².